The Hall–Kier alpha value is -1.21. The maximum atomic E-state index is 13.3. The standard InChI is InChI=1S/C15H29FN2O4.C2H6/c1-3-14(19)18-10-13(16)11-22-9-7-5-6-8-17-15(20)12-21-4-2;1-2/h13H,3-12H2,1-2H3,(H,17,20)(H,18,19);1-2H3. The van der Waals surface area contributed by atoms with E-state index in [2.05, 4.69) is 10.6 Å². The summed E-state index contributed by atoms with van der Waals surface area (Å²) in [6.45, 7) is 9.28. The van der Waals surface area contributed by atoms with Crippen LogP contribution in [0, 0.1) is 0 Å². The van der Waals surface area contributed by atoms with E-state index in [1.165, 1.54) is 0 Å². The Labute approximate surface area is 145 Å². The van der Waals surface area contributed by atoms with Crippen molar-refractivity contribution in [2.24, 2.45) is 0 Å². The lowest BCUT2D eigenvalue weighted by Crippen LogP contribution is -2.31. The third-order valence-electron chi connectivity index (χ3n) is 2.87. The molecule has 2 N–H and O–H groups in total. The second-order valence-electron chi connectivity index (χ2n) is 4.88. The van der Waals surface area contributed by atoms with Crippen molar-refractivity contribution in [3.8, 4) is 0 Å². The summed E-state index contributed by atoms with van der Waals surface area (Å²) in [5.41, 5.74) is 0. The van der Waals surface area contributed by atoms with Crippen LogP contribution in [0.3, 0.4) is 0 Å². The zero-order valence-corrected chi connectivity index (χ0v) is 15.7. The second kappa shape index (κ2) is 19.8. The largest absolute Gasteiger partial charge is 0.378 e. The minimum Gasteiger partial charge on any atom is -0.378 e. The molecular formula is C17H35FN2O4. The van der Waals surface area contributed by atoms with Gasteiger partial charge in [-0.25, -0.2) is 4.39 Å². The molecule has 0 rings (SSSR count). The molecule has 144 valence electrons. The van der Waals surface area contributed by atoms with Gasteiger partial charge in [0.2, 0.25) is 11.8 Å². The molecule has 0 bridgehead atoms. The topological polar surface area (TPSA) is 76.7 Å². The first-order valence-electron chi connectivity index (χ1n) is 8.93. The predicted molar refractivity (Wildman–Crippen MR) is 93.7 cm³/mol. The van der Waals surface area contributed by atoms with E-state index in [-0.39, 0.29) is 31.6 Å². The number of carbonyl (C=O) groups excluding carboxylic acids is 2. The maximum Gasteiger partial charge on any atom is 0.245 e. The van der Waals surface area contributed by atoms with E-state index in [1.54, 1.807) is 6.92 Å². The molecule has 0 radical (unpaired) electrons. The van der Waals surface area contributed by atoms with E-state index in [0.29, 0.717) is 26.2 Å². The molecule has 0 aromatic heterocycles. The Kier molecular flexibility index (Phi) is 20.7. The molecule has 0 aliphatic heterocycles. The number of ether oxygens (including phenoxy) is 2. The fraction of sp³-hybridized carbons (Fsp3) is 0.882. The van der Waals surface area contributed by atoms with Crippen LogP contribution in [-0.2, 0) is 19.1 Å². The minimum atomic E-state index is -1.17. The molecule has 0 aliphatic carbocycles. The molecule has 1 atom stereocenters. The van der Waals surface area contributed by atoms with Crippen molar-refractivity contribution in [2.75, 3.05) is 39.5 Å². The Bertz CT molecular complexity index is 304. The first-order chi connectivity index (χ1) is 11.6. The highest BCUT2D eigenvalue weighted by Gasteiger charge is 2.07. The zero-order valence-electron chi connectivity index (χ0n) is 15.7. The molecule has 0 aromatic carbocycles. The molecule has 0 aromatic rings. The van der Waals surface area contributed by atoms with Gasteiger partial charge in [0.1, 0.15) is 12.8 Å². The van der Waals surface area contributed by atoms with Gasteiger partial charge in [0.05, 0.1) is 13.2 Å². The maximum absolute atomic E-state index is 13.3. The molecule has 0 aliphatic rings. The average Bonchev–Trinajstić information content (AvgIpc) is 2.61. The summed E-state index contributed by atoms with van der Waals surface area (Å²) in [5.74, 6) is -0.262. The molecule has 6 nitrogen and oxygen atoms in total. The highest BCUT2D eigenvalue weighted by atomic mass is 19.1. The van der Waals surface area contributed by atoms with E-state index >= 15 is 0 Å². The van der Waals surface area contributed by atoms with Crippen LogP contribution in [0.5, 0.6) is 0 Å². The Morgan fingerprint density at radius 2 is 1.71 bits per heavy atom. The van der Waals surface area contributed by atoms with Gasteiger partial charge in [-0.05, 0) is 26.2 Å². The van der Waals surface area contributed by atoms with Gasteiger partial charge in [-0.2, -0.15) is 0 Å². The molecule has 0 heterocycles. The average molecular weight is 350 g/mol. The van der Waals surface area contributed by atoms with E-state index in [1.807, 2.05) is 20.8 Å². The monoisotopic (exact) mass is 350 g/mol. The van der Waals surface area contributed by atoms with Crippen LogP contribution in [0.15, 0.2) is 0 Å². The molecule has 0 spiro atoms. The van der Waals surface area contributed by atoms with E-state index in [4.69, 9.17) is 9.47 Å². The fourth-order valence-corrected chi connectivity index (χ4v) is 1.60. The smallest absolute Gasteiger partial charge is 0.245 e. The van der Waals surface area contributed by atoms with Gasteiger partial charge in [-0.3, -0.25) is 9.59 Å². The number of unbranched alkanes of at least 4 members (excludes halogenated alkanes) is 2. The third kappa shape index (κ3) is 18.8. The Morgan fingerprint density at radius 1 is 1.00 bits per heavy atom. The zero-order chi connectivity index (χ0) is 18.6. The molecule has 0 fully saturated rings. The summed E-state index contributed by atoms with van der Waals surface area (Å²) in [5, 5.41) is 5.24. The van der Waals surface area contributed by atoms with Gasteiger partial charge in [0.15, 0.2) is 0 Å². The summed E-state index contributed by atoms with van der Waals surface area (Å²) in [7, 11) is 0. The van der Waals surface area contributed by atoms with Crippen LogP contribution in [0.25, 0.3) is 0 Å². The lowest BCUT2D eigenvalue weighted by molar-refractivity contribution is -0.125. The highest BCUT2D eigenvalue weighted by molar-refractivity contribution is 5.77. The van der Waals surface area contributed by atoms with Gasteiger partial charge in [-0.15, -0.1) is 0 Å². The van der Waals surface area contributed by atoms with Gasteiger partial charge in [-0.1, -0.05) is 20.8 Å². The minimum absolute atomic E-state index is 0.00145. The summed E-state index contributed by atoms with van der Waals surface area (Å²) >= 11 is 0. The van der Waals surface area contributed by atoms with E-state index in [0.717, 1.165) is 19.3 Å². The van der Waals surface area contributed by atoms with Crippen molar-refractivity contribution in [1.82, 2.24) is 10.6 Å². The van der Waals surface area contributed by atoms with Crippen molar-refractivity contribution < 1.29 is 23.5 Å². The first-order valence-corrected chi connectivity index (χ1v) is 8.93. The molecule has 7 heteroatoms. The molecule has 0 saturated heterocycles. The van der Waals surface area contributed by atoms with Crippen LogP contribution in [0.4, 0.5) is 4.39 Å². The van der Waals surface area contributed by atoms with Gasteiger partial charge in [0.25, 0.3) is 0 Å². The normalized spacial score (nSPS) is 11.2. The third-order valence-corrected chi connectivity index (χ3v) is 2.87. The number of carbonyl (C=O) groups is 2. The SMILES string of the molecule is CC.CCOCC(=O)NCCCCCOCC(F)CNC(=O)CC. The number of rotatable bonds is 14. The first kappa shape index (κ1) is 25.0. The number of hydrogen-bond acceptors (Lipinski definition) is 4. The number of nitrogens with one attached hydrogen (secondary N) is 2. The number of alkyl halides is 1. The van der Waals surface area contributed by atoms with Gasteiger partial charge < -0.3 is 20.1 Å². The number of amides is 2. The van der Waals surface area contributed by atoms with E-state index in [9.17, 15) is 14.0 Å². The highest BCUT2D eigenvalue weighted by Crippen LogP contribution is 1.97. The molecular weight excluding hydrogens is 315 g/mol. The van der Waals surface area contributed by atoms with Crippen LogP contribution < -0.4 is 10.6 Å². The molecule has 2 amide bonds. The quantitative estimate of drug-likeness (QED) is 0.471. The Balaban J connectivity index is 0. The van der Waals surface area contributed by atoms with Crippen LogP contribution >= 0.6 is 0 Å². The predicted octanol–water partition coefficient (Wildman–Crippen LogP) is 2.22. The fourth-order valence-electron chi connectivity index (χ4n) is 1.60. The number of halogens is 1. The molecule has 1 unspecified atom stereocenters. The summed E-state index contributed by atoms with van der Waals surface area (Å²) in [6.07, 6.45) is 1.75. The summed E-state index contributed by atoms with van der Waals surface area (Å²) in [6, 6.07) is 0. The van der Waals surface area contributed by atoms with Crippen molar-refractivity contribution in [2.45, 2.75) is 59.5 Å². The number of hydrogen-bond donors (Lipinski definition) is 2. The Morgan fingerprint density at radius 3 is 2.33 bits per heavy atom. The van der Waals surface area contributed by atoms with Crippen molar-refractivity contribution >= 4 is 11.8 Å². The lowest BCUT2D eigenvalue weighted by Gasteiger charge is -2.10. The van der Waals surface area contributed by atoms with E-state index < -0.39 is 6.17 Å². The summed E-state index contributed by atoms with van der Waals surface area (Å²) < 4.78 is 23.5. The van der Waals surface area contributed by atoms with Gasteiger partial charge in [0, 0.05) is 26.2 Å². The molecule has 0 saturated carbocycles. The van der Waals surface area contributed by atoms with Gasteiger partial charge >= 0.3 is 0 Å². The summed E-state index contributed by atoms with van der Waals surface area (Å²) in [4.78, 5) is 22.2. The van der Waals surface area contributed by atoms with Crippen LogP contribution in [0.2, 0.25) is 0 Å². The van der Waals surface area contributed by atoms with Crippen LogP contribution in [0.1, 0.15) is 53.4 Å². The van der Waals surface area contributed by atoms with Crippen molar-refractivity contribution in [1.29, 1.82) is 0 Å². The van der Waals surface area contributed by atoms with Crippen molar-refractivity contribution in [3.63, 3.8) is 0 Å². The lowest BCUT2D eigenvalue weighted by atomic mass is 10.2. The molecule has 24 heavy (non-hydrogen) atoms. The van der Waals surface area contributed by atoms with Crippen molar-refractivity contribution in [3.05, 3.63) is 0 Å². The van der Waals surface area contributed by atoms with Crippen LogP contribution in [-0.4, -0.2) is 57.5 Å². The second-order valence-corrected chi connectivity index (χ2v) is 4.88.